The summed E-state index contributed by atoms with van der Waals surface area (Å²) in [5.41, 5.74) is 4.52. The highest BCUT2D eigenvalue weighted by Gasteiger charge is 2.11. The van der Waals surface area contributed by atoms with Gasteiger partial charge in [0.05, 0.1) is 17.1 Å². The van der Waals surface area contributed by atoms with E-state index < -0.39 is 11.8 Å². The first-order valence-electron chi connectivity index (χ1n) is 11.5. The van der Waals surface area contributed by atoms with Crippen LogP contribution in [0.25, 0.3) is 10.9 Å². The normalized spacial score (nSPS) is 10.7. The number of fused-ring (bicyclic) bond motifs is 1. The second-order valence-electron chi connectivity index (χ2n) is 7.94. The van der Waals surface area contributed by atoms with Crippen LogP contribution in [0.5, 0.6) is 5.75 Å². The number of halogens is 2. The lowest BCUT2D eigenvalue weighted by Crippen LogP contribution is -2.25. The molecular formula is C25H28ClFN4O4. The van der Waals surface area contributed by atoms with Gasteiger partial charge in [-0.15, -0.1) is 0 Å². The van der Waals surface area contributed by atoms with Gasteiger partial charge in [-0.25, -0.2) is 14.4 Å². The Morgan fingerprint density at radius 2 is 1.89 bits per heavy atom. The first-order chi connectivity index (χ1) is 16.9. The Balaban J connectivity index is 1.58. The third-order valence-corrected chi connectivity index (χ3v) is 5.53. The van der Waals surface area contributed by atoms with E-state index in [2.05, 4.69) is 32.5 Å². The summed E-state index contributed by atoms with van der Waals surface area (Å²) >= 11 is 5.90. The molecule has 0 aliphatic rings. The monoisotopic (exact) mass is 502 g/mol. The zero-order valence-electron chi connectivity index (χ0n) is 19.7. The highest BCUT2D eigenvalue weighted by Crippen LogP contribution is 2.31. The van der Waals surface area contributed by atoms with E-state index in [1.54, 1.807) is 6.07 Å². The Kier molecular flexibility index (Phi) is 9.60. The van der Waals surface area contributed by atoms with Gasteiger partial charge >= 0.3 is 5.97 Å². The number of hydroxylamine groups is 1. The van der Waals surface area contributed by atoms with E-state index in [0.29, 0.717) is 31.0 Å². The molecule has 1 aromatic heterocycles. The van der Waals surface area contributed by atoms with E-state index in [0.717, 1.165) is 47.9 Å². The summed E-state index contributed by atoms with van der Waals surface area (Å²) in [6.45, 7) is 3.81. The quantitative estimate of drug-likeness (QED) is 0.258. The maximum Gasteiger partial charge on any atom is 0.329 e. The molecule has 186 valence electrons. The summed E-state index contributed by atoms with van der Waals surface area (Å²) in [4.78, 5) is 35.4. The van der Waals surface area contributed by atoms with Gasteiger partial charge < -0.3 is 14.9 Å². The molecule has 0 unspecified atom stereocenters. The number of unbranched alkanes of at least 4 members (excludes halogenated alkanes) is 3. The van der Waals surface area contributed by atoms with Crippen LogP contribution in [0, 0.1) is 5.82 Å². The Hall–Kier alpha value is -3.46. The highest BCUT2D eigenvalue weighted by molar-refractivity contribution is 6.31. The van der Waals surface area contributed by atoms with Crippen LogP contribution in [-0.4, -0.2) is 28.5 Å². The van der Waals surface area contributed by atoms with Crippen molar-refractivity contribution in [1.29, 1.82) is 0 Å². The molecule has 2 aromatic carbocycles. The molecular weight excluding hydrogens is 475 g/mol. The van der Waals surface area contributed by atoms with Crippen molar-refractivity contribution in [2.45, 2.75) is 52.4 Å². The van der Waals surface area contributed by atoms with Gasteiger partial charge in [-0.05, 0) is 55.2 Å². The van der Waals surface area contributed by atoms with Crippen molar-refractivity contribution >= 4 is 45.9 Å². The zero-order valence-corrected chi connectivity index (χ0v) is 20.5. The number of aromatic nitrogens is 2. The van der Waals surface area contributed by atoms with Crippen LogP contribution in [0.1, 0.15) is 51.5 Å². The number of benzene rings is 2. The summed E-state index contributed by atoms with van der Waals surface area (Å²) < 4.78 is 19.6. The fraction of sp³-hybridized carbons (Fsp3) is 0.360. The largest absolute Gasteiger partial charge is 0.493 e. The average molecular weight is 503 g/mol. The van der Waals surface area contributed by atoms with Crippen molar-refractivity contribution in [3.05, 3.63) is 53.1 Å². The van der Waals surface area contributed by atoms with Gasteiger partial charge in [-0.1, -0.05) is 31.4 Å². The standard InChI is InChI=1S/C25H28ClFN4O4/c1-3-17-12-22-19(25(29-15-28-22)30-18-9-10-21(27)20(26)13-18)14-23(17)34-11-7-5-4-6-8-24(33)31-35-16(2)32/h9-10,12-15H,3-8,11H2,1-2H3,(H,31,33)(H,28,29,30). The lowest BCUT2D eigenvalue weighted by Gasteiger charge is -2.14. The van der Waals surface area contributed by atoms with Crippen LogP contribution in [-0.2, 0) is 20.8 Å². The molecule has 1 amide bonds. The van der Waals surface area contributed by atoms with Gasteiger partial charge in [0.1, 0.15) is 23.7 Å². The number of hydrogen-bond acceptors (Lipinski definition) is 7. The summed E-state index contributed by atoms with van der Waals surface area (Å²) in [7, 11) is 0. The third kappa shape index (κ3) is 7.78. The average Bonchev–Trinajstić information content (AvgIpc) is 2.84. The summed E-state index contributed by atoms with van der Waals surface area (Å²) in [6.07, 6.45) is 5.84. The molecule has 0 aliphatic heterocycles. The van der Waals surface area contributed by atoms with Gasteiger partial charge in [0.25, 0.3) is 5.91 Å². The molecule has 10 heteroatoms. The lowest BCUT2D eigenvalue weighted by molar-refractivity contribution is -0.156. The maximum absolute atomic E-state index is 13.5. The highest BCUT2D eigenvalue weighted by atomic mass is 35.5. The first kappa shape index (κ1) is 26.2. The van der Waals surface area contributed by atoms with Crippen LogP contribution in [0.15, 0.2) is 36.7 Å². The third-order valence-electron chi connectivity index (χ3n) is 5.25. The number of nitrogens with one attached hydrogen (secondary N) is 2. The second kappa shape index (κ2) is 12.9. The summed E-state index contributed by atoms with van der Waals surface area (Å²) in [5.74, 6) is -0.0223. The Bertz CT molecular complexity index is 1190. The first-order valence-corrected chi connectivity index (χ1v) is 11.8. The van der Waals surface area contributed by atoms with E-state index >= 15 is 0 Å². The van der Waals surface area contributed by atoms with Crippen molar-refractivity contribution in [2.75, 3.05) is 11.9 Å². The summed E-state index contributed by atoms with van der Waals surface area (Å²) in [5, 5.41) is 3.98. The van der Waals surface area contributed by atoms with E-state index in [9.17, 15) is 14.0 Å². The van der Waals surface area contributed by atoms with E-state index in [1.165, 1.54) is 25.4 Å². The number of nitrogens with zero attached hydrogens (tertiary/aromatic N) is 2. The molecule has 0 atom stereocenters. The minimum Gasteiger partial charge on any atom is -0.493 e. The number of carbonyl (C=O) groups is 2. The Labute approximate surface area is 208 Å². The maximum atomic E-state index is 13.5. The van der Waals surface area contributed by atoms with Gasteiger partial charge in [0.15, 0.2) is 0 Å². The minimum atomic E-state index is -0.551. The number of carbonyl (C=O) groups excluding carboxylic acids is 2. The van der Waals surface area contributed by atoms with Crippen LogP contribution in [0.2, 0.25) is 5.02 Å². The van der Waals surface area contributed by atoms with Crippen molar-refractivity contribution in [3.63, 3.8) is 0 Å². The van der Waals surface area contributed by atoms with Crippen molar-refractivity contribution < 1.29 is 23.6 Å². The van der Waals surface area contributed by atoms with Crippen LogP contribution in [0.4, 0.5) is 15.9 Å². The van der Waals surface area contributed by atoms with E-state index in [-0.39, 0.29) is 10.9 Å². The van der Waals surface area contributed by atoms with Crippen molar-refractivity contribution in [3.8, 4) is 5.75 Å². The van der Waals surface area contributed by atoms with Gasteiger partial charge in [-0.2, -0.15) is 5.48 Å². The smallest absolute Gasteiger partial charge is 0.329 e. The van der Waals surface area contributed by atoms with Gasteiger partial charge in [-0.3, -0.25) is 9.59 Å². The number of rotatable bonds is 11. The number of hydrogen-bond donors (Lipinski definition) is 2. The molecule has 0 bridgehead atoms. The fourth-order valence-electron chi connectivity index (χ4n) is 3.45. The van der Waals surface area contributed by atoms with E-state index in [1.807, 2.05) is 12.1 Å². The molecule has 0 saturated carbocycles. The number of amides is 1. The predicted molar refractivity (Wildman–Crippen MR) is 132 cm³/mol. The van der Waals surface area contributed by atoms with Crippen molar-refractivity contribution in [1.82, 2.24) is 15.4 Å². The SMILES string of the molecule is CCc1cc2ncnc(Nc3ccc(F)c(Cl)c3)c2cc1OCCCCCCC(=O)NOC(C)=O. The van der Waals surface area contributed by atoms with Crippen LogP contribution in [0.3, 0.4) is 0 Å². The topological polar surface area (TPSA) is 102 Å². The molecule has 2 N–H and O–H groups in total. The number of ether oxygens (including phenoxy) is 1. The summed E-state index contributed by atoms with van der Waals surface area (Å²) in [6, 6.07) is 8.29. The minimum absolute atomic E-state index is 0.0238. The van der Waals surface area contributed by atoms with Crippen molar-refractivity contribution in [2.24, 2.45) is 0 Å². The molecule has 35 heavy (non-hydrogen) atoms. The van der Waals surface area contributed by atoms with Crippen LogP contribution >= 0.6 is 11.6 Å². The Morgan fingerprint density at radius 1 is 1.09 bits per heavy atom. The molecule has 3 aromatic rings. The number of aryl methyl sites for hydroxylation is 1. The molecule has 8 nitrogen and oxygen atoms in total. The molecule has 0 saturated heterocycles. The second-order valence-corrected chi connectivity index (χ2v) is 8.35. The fourth-order valence-corrected chi connectivity index (χ4v) is 3.63. The molecule has 1 heterocycles. The molecule has 0 spiro atoms. The number of anilines is 2. The van der Waals surface area contributed by atoms with Crippen LogP contribution < -0.4 is 15.5 Å². The lowest BCUT2D eigenvalue weighted by atomic mass is 10.1. The van der Waals surface area contributed by atoms with Gasteiger partial charge in [0.2, 0.25) is 0 Å². The van der Waals surface area contributed by atoms with E-state index in [4.69, 9.17) is 16.3 Å². The molecule has 3 rings (SSSR count). The predicted octanol–water partition coefficient (Wildman–Crippen LogP) is 5.65. The Morgan fingerprint density at radius 3 is 2.63 bits per heavy atom. The zero-order chi connectivity index (χ0) is 25.2. The molecule has 0 aliphatic carbocycles. The molecule has 0 radical (unpaired) electrons. The van der Waals surface area contributed by atoms with Gasteiger partial charge in [0, 0.05) is 24.4 Å². The molecule has 0 fully saturated rings.